The third kappa shape index (κ3) is 3.72. The van der Waals surface area contributed by atoms with E-state index in [1.165, 1.54) is 23.0 Å². The molecule has 1 aliphatic rings. The summed E-state index contributed by atoms with van der Waals surface area (Å²) in [5.41, 5.74) is 7.37. The summed E-state index contributed by atoms with van der Waals surface area (Å²) in [7, 11) is 0. The van der Waals surface area contributed by atoms with Crippen LogP contribution in [-0.2, 0) is 11.2 Å². The summed E-state index contributed by atoms with van der Waals surface area (Å²) < 4.78 is 25.5. The first-order valence-corrected chi connectivity index (χ1v) is 8.97. The number of hydrogen-bond donors (Lipinski definition) is 4. The van der Waals surface area contributed by atoms with Crippen LogP contribution in [0.15, 0.2) is 30.6 Å². The van der Waals surface area contributed by atoms with Gasteiger partial charge in [-0.05, 0) is 17.7 Å². The van der Waals surface area contributed by atoms with Crippen molar-refractivity contribution < 1.29 is 29.2 Å². The van der Waals surface area contributed by atoms with E-state index < -0.39 is 31.1 Å². The Bertz CT molecular complexity index is 998. The molecule has 4 atom stereocenters. The highest BCUT2D eigenvalue weighted by Gasteiger charge is 2.44. The van der Waals surface area contributed by atoms with E-state index in [9.17, 15) is 19.7 Å². The molecule has 154 valence electrons. The van der Waals surface area contributed by atoms with Gasteiger partial charge >= 0.3 is 6.01 Å². The molecule has 1 unspecified atom stereocenters. The summed E-state index contributed by atoms with van der Waals surface area (Å²) in [6.07, 6.45) is -2.61. The highest BCUT2D eigenvalue weighted by molar-refractivity contribution is 5.82. The predicted molar refractivity (Wildman–Crippen MR) is 98.3 cm³/mol. The van der Waals surface area contributed by atoms with E-state index in [0.717, 1.165) is 5.56 Å². The zero-order valence-corrected chi connectivity index (χ0v) is 15.2. The first-order chi connectivity index (χ1) is 14.0. The van der Waals surface area contributed by atoms with E-state index in [4.69, 9.17) is 15.2 Å². The molecule has 3 aromatic rings. The van der Waals surface area contributed by atoms with Gasteiger partial charge in [0, 0.05) is 6.42 Å². The molecule has 0 spiro atoms. The SMILES string of the molecule is Nc1nc(OCCc2ccc(F)cc2)nc2c1ncn2C1O[C@@H](CO)[C@H](O)[C@@H]1O. The largest absolute Gasteiger partial charge is 0.463 e. The molecule has 0 bridgehead atoms. The van der Waals surface area contributed by atoms with Gasteiger partial charge in [0.2, 0.25) is 0 Å². The number of aliphatic hydroxyl groups excluding tert-OH is 3. The van der Waals surface area contributed by atoms with Crippen molar-refractivity contribution in [3.05, 3.63) is 42.0 Å². The molecule has 5 N–H and O–H groups in total. The van der Waals surface area contributed by atoms with Gasteiger partial charge in [0.25, 0.3) is 0 Å². The van der Waals surface area contributed by atoms with Gasteiger partial charge in [-0.25, -0.2) is 9.37 Å². The lowest BCUT2D eigenvalue weighted by atomic mass is 10.1. The van der Waals surface area contributed by atoms with Crippen molar-refractivity contribution in [3.8, 4) is 6.01 Å². The molecule has 11 heteroatoms. The van der Waals surface area contributed by atoms with Crippen molar-refractivity contribution in [2.75, 3.05) is 18.9 Å². The Morgan fingerprint density at radius 3 is 2.62 bits per heavy atom. The molecule has 0 amide bonds. The van der Waals surface area contributed by atoms with E-state index >= 15 is 0 Å². The van der Waals surface area contributed by atoms with Crippen molar-refractivity contribution in [3.63, 3.8) is 0 Å². The van der Waals surface area contributed by atoms with Gasteiger partial charge in [-0.15, -0.1) is 0 Å². The van der Waals surface area contributed by atoms with Gasteiger partial charge in [-0.2, -0.15) is 9.97 Å². The van der Waals surface area contributed by atoms with Gasteiger partial charge in [-0.1, -0.05) is 12.1 Å². The molecule has 4 rings (SSSR count). The normalized spacial score (nSPS) is 24.3. The fourth-order valence-corrected chi connectivity index (χ4v) is 3.19. The molecule has 29 heavy (non-hydrogen) atoms. The van der Waals surface area contributed by atoms with E-state index in [-0.39, 0.29) is 35.4 Å². The molecule has 2 aromatic heterocycles. The number of aliphatic hydroxyl groups is 3. The van der Waals surface area contributed by atoms with Crippen LogP contribution in [0.1, 0.15) is 11.8 Å². The van der Waals surface area contributed by atoms with Crippen molar-refractivity contribution >= 4 is 17.0 Å². The van der Waals surface area contributed by atoms with E-state index in [1.54, 1.807) is 12.1 Å². The Morgan fingerprint density at radius 1 is 1.17 bits per heavy atom. The molecule has 3 heterocycles. The van der Waals surface area contributed by atoms with E-state index in [0.29, 0.717) is 6.42 Å². The van der Waals surface area contributed by atoms with Crippen LogP contribution in [0.25, 0.3) is 11.2 Å². The predicted octanol–water partition coefficient (Wildman–Crippen LogP) is -0.219. The minimum atomic E-state index is -1.29. The lowest BCUT2D eigenvalue weighted by Gasteiger charge is -2.16. The van der Waals surface area contributed by atoms with Crippen LogP contribution < -0.4 is 10.5 Å². The number of fused-ring (bicyclic) bond motifs is 1. The lowest BCUT2D eigenvalue weighted by molar-refractivity contribution is -0.0511. The molecule has 1 saturated heterocycles. The summed E-state index contributed by atoms with van der Waals surface area (Å²) in [4.78, 5) is 12.5. The molecule has 1 fully saturated rings. The van der Waals surface area contributed by atoms with Crippen LogP contribution in [0.5, 0.6) is 6.01 Å². The standard InChI is InChI=1S/C18H20FN5O5/c19-10-3-1-9(2-4-10)5-6-28-18-22-15(20)12-16(23-18)24(8-21-12)17-14(27)13(26)11(7-25)29-17/h1-4,8,11,13-14,17,25-27H,5-7H2,(H2,20,22,23)/t11-,13-,14-,17?/m0/s1. The van der Waals surface area contributed by atoms with Crippen LogP contribution >= 0.6 is 0 Å². The Morgan fingerprint density at radius 2 is 1.93 bits per heavy atom. The molecule has 0 radical (unpaired) electrons. The van der Waals surface area contributed by atoms with Crippen LogP contribution in [0.3, 0.4) is 0 Å². The topological polar surface area (TPSA) is 149 Å². The van der Waals surface area contributed by atoms with Gasteiger partial charge < -0.3 is 30.5 Å². The number of nitrogen functional groups attached to an aromatic ring is 1. The highest BCUT2D eigenvalue weighted by Crippen LogP contribution is 2.32. The average molecular weight is 405 g/mol. The number of imidazole rings is 1. The van der Waals surface area contributed by atoms with Gasteiger partial charge in [0.15, 0.2) is 23.2 Å². The Kier molecular flexibility index (Phi) is 5.28. The van der Waals surface area contributed by atoms with Gasteiger partial charge in [-0.3, -0.25) is 4.57 Å². The highest BCUT2D eigenvalue weighted by atomic mass is 19.1. The monoisotopic (exact) mass is 405 g/mol. The van der Waals surface area contributed by atoms with Gasteiger partial charge in [0.1, 0.15) is 24.1 Å². The zero-order valence-electron chi connectivity index (χ0n) is 15.2. The Balaban J connectivity index is 1.54. The first-order valence-electron chi connectivity index (χ1n) is 8.97. The second-order valence-electron chi connectivity index (χ2n) is 6.67. The number of halogens is 1. The minimum absolute atomic E-state index is 0.00519. The molecule has 0 aliphatic carbocycles. The quantitative estimate of drug-likeness (QED) is 0.437. The van der Waals surface area contributed by atoms with E-state index in [2.05, 4.69) is 15.0 Å². The number of ether oxygens (including phenoxy) is 2. The lowest BCUT2D eigenvalue weighted by Crippen LogP contribution is -2.33. The minimum Gasteiger partial charge on any atom is -0.463 e. The number of nitrogens with zero attached hydrogens (tertiary/aromatic N) is 4. The van der Waals surface area contributed by atoms with Crippen molar-refractivity contribution in [2.24, 2.45) is 0 Å². The maximum atomic E-state index is 13.0. The fraction of sp³-hybridized carbons (Fsp3) is 0.389. The summed E-state index contributed by atoms with van der Waals surface area (Å²) >= 11 is 0. The smallest absolute Gasteiger partial charge is 0.320 e. The zero-order chi connectivity index (χ0) is 20.5. The van der Waals surface area contributed by atoms with Crippen molar-refractivity contribution in [1.29, 1.82) is 0 Å². The Labute approximate surface area is 164 Å². The van der Waals surface area contributed by atoms with Gasteiger partial charge in [0.05, 0.1) is 19.5 Å². The summed E-state index contributed by atoms with van der Waals surface area (Å²) in [6.45, 7) is -0.213. The van der Waals surface area contributed by atoms with Crippen molar-refractivity contribution in [2.45, 2.75) is 31.0 Å². The Hall–Kier alpha value is -2.86. The number of anilines is 1. The van der Waals surface area contributed by atoms with E-state index in [1.807, 2.05) is 0 Å². The summed E-state index contributed by atoms with van der Waals surface area (Å²) in [5.74, 6) is -0.230. The molecular formula is C18H20FN5O5. The van der Waals surface area contributed by atoms with Crippen LogP contribution in [-0.4, -0.2) is 66.4 Å². The molecule has 10 nitrogen and oxygen atoms in total. The molecule has 0 saturated carbocycles. The second-order valence-corrected chi connectivity index (χ2v) is 6.67. The molecular weight excluding hydrogens is 385 g/mol. The van der Waals surface area contributed by atoms with Crippen LogP contribution in [0.4, 0.5) is 10.2 Å². The third-order valence-corrected chi connectivity index (χ3v) is 4.75. The fourth-order valence-electron chi connectivity index (χ4n) is 3.19. The second kappa shape index (κ2) is 7.87. The van der Waals surface area contributed by atoms with Crippen LogP contribution in [0, 0.1) is 5.82 Å². The third-order valence-electron chi connectivity index (χ3n) is 4.75. The number of aromatic nitrogens is 4. The molecule has 1 aromatic carbocycles. The van der Waals surface area contributed by atoms with Crippen LogP contribution in [0.2, 0.25) is 0 Å². The number of benzene rings is 1. The van der Waals surface area contributed by atoms with Crippen molar-refractivity contribution in [1.82, 2.24) is 19.5 Å². The summed E-state index contributed by atoms with van der Waals surface area (Å²) in [6, 6.07) is 6.07. The maximum Gasteiger partial charge on any atom is 0.320 e. The summed E-state index contributed by atoms with van der Waals surface area (Å²) in [5, 5.41) is 29.5. The first kappa shape index (κ1) is 19.5. The average Bonchev–Trinajstić information content (AvgIpc) is 3.25. The number of nitrogens with two attached hydrogens (primary N) is 1. The maximum absolute atomic E-state index is 13.0. The number of hydrogen-bond acceptors (Lipinski definition) is 9. The molecule has 1 aliphatic heterocycles. The number of rotatable bonds is 6.